The van der Waals surface area contributed by atoms with Crippen molar-refractivity contribution in [2.75, 3.05) is 44.7 Å². The predicted molar refractivity (Wildman–Crippen MR) is 175 cm³/mol. The van der Waals surface area contributed by atoms with E-state index in [0.29, 0.717) is 11.1 Å². The molecular weight excluding hydrogens is 597 g/mol. The normalized spacial score (nSPS) is 21.8. The summed E-state index contributed by atoms with van der Waals surface area (Å²) in [5, 5.41) is 2.34. The predicted octanol–water partition coefficient (Wildman–Crippen LogP) is 4.39. The number of pyridine rings is 1. The van der Waals surface area contributed by atoms with E-state index in [1.807, 2.05) is 36.4 Å². The van der Waals surface area contributed by atoms with Crippen molar-refractivity contribution < 1.29 is 23.5 Å². The number of fused-ring (bicyclic) bond motifs is 1. The topological polar surface area (TPSA) is 95.1 Å². The van der Waals surface area contributed by atoms with E-state index in [2.05, 4.69) is 33.0 Å². The van der Waals surface area contributed by atoms with Crippen LogP contribution in [0.5, 0.6) is 5.75 Å². The van der Waals surface area contributed by atoms with Crippen molar-refractivity contribution in [2.45, 2.75) is 51.1 Å². The maximum atomic E-state index is 14.9. The van der Waals surface area contributed by atoms with Gasteiger partial charge in [0, 0.05) is 56.4 Å². The molecule has 2 aromatic carbocycles. The first-order valence-electron chi connectivity index (χ1n) is 16.4. The average molecular weight is 636 g/mol. The van der Waals surface area contributed by atoms with Gasteiger partial charge in [-0.2, -0.15) is 0 Å². The Hall–Kier alpha value is -4.75. The van der Waals surface area contributed by atoms with Crippen molar-refractivity contribution in [3.05, 3.63) is 77.1 Å². The van der Waals surface area contributed by atoms with E-state index in [4.69, 9.17) is 9.72 Å². The number of hydrogen-bond donors (Lipinski definition) is 1. The third-order valence-electron chi connectivity index (χ3n) is 9.98. The third-order valence-corrected chi connectivity index (χ3v) is 9.98. The van der Waals surface area contributed by atoms with Gasteiger partial charge in [0.2, 0.25) is 11.8 Å². The first-order valence-corrected chi connectivity index (χ1v) is 16.4. The van der Waals surface area contributed by atoms with E-state index in [-0.39, 0.29) is 30.8 Å². The van der Waals surface area contributed by atoms with E-state index in [9.17, 15) is 18.8 Å². The molecule has 3 aromatic rings. The summed E-state index contributed by atoms with van der Waals surface area (Å²) in [5.74, 6) is 4.72. The van der Waals surface area contributed by atoms with Crippen LogP contribution in [-0.2, 0) is 16.1 Å². The fraction of sp³-hybridized carbons (Fsp3) is 0.405. The number of ether oxygens (including phenoxy) is 1. The molecule has 1 aliphatic carbocycles. The molecule has 4 aliphatic rings. The Morgan fingerprint density at radius 2 is 1.74 bits per heavy atom. The minimum Gasteiger partial charge on any atom is -0.494 e. The molecule has 10 heteroatoms. The maximum Gasteiger partial charge on any atom is 0.257 e. The molecule has 2 saturated heterocycles. The van der Waals surface area contributed by atoms with E-state index in [1.165, 1.54) is 50.2 Å². The van der Waals surface area contributed by atoms with Gasteiger partial charge < -0.3 is 14.5 Å². The Balaban J connectivity index is 1.05. The summed E-state index contributed by atoms with van der Waals surface area (Å²) < 4.78 is 20.0. The number of benzene rings is 2. The highest BCUT2D eigenvalue weighted by atomic mass is 19.1. The molecule has 0 spiro atoms. The van der Waals surface area contributed by atoms with Crippen LogP contribution < -0.4 is 15.0 Å². The molecule has 47 heavy (non-hydrogen) atoms. The van der Waals surface area contributed by atoms with Crippen LogP contribution in [0.1, 0.15) is 60.0 Å². The molecule has 9 nitrogen and oxygen atoms in total. The number of aromatic nitrogens is 1. The summed E-state index contributed by atoms with van der Waals surface area (Å²) in [6, 6.07) is 17.6. The molecule has 242 valence electrons. The Morgan fingerprint density at radius 3 is 2.45 bits per heavy atom. The average Bonchev–Trinajstić information content (AvgIpc) is 3.58. The molecule has 0 unspecified atom stereocenters. The maximum absolute atomic E-state index is 14.9. The molecule has 1 saturated carbocycles. The SMILES string of the molecule is COc1ccc2c(c1F)C(=O)N(C[C@@]1(C#Cc3ccc(-c4cccc(N5CCN(C6CCCCC6)CC5)n4)cc3)CC(=O)NC1=O)C2. The van der Waals surface area contributed by atoms with Crippen LogP contribution in [0.25, 0.3) is 11.3 Å². The monoisotopic (exact) mass is 635 g/mol. The smallest absolute Gasteiger partial charge is 0.257 e. The first kappa shape index (κ1) is 30.9. The summed E-state index contributed by atoms with van der Waals surface area (Å²) in [6.07, 6.45) is 6.53. The number of carbonyl (C=O) groups is 3. The highest BCUT2D eigenvalue weighted by molar-refractivity contribution is 6.08. The standard InChI is InChI=1S/C37H38FN5O4/c1-47-30-15-14-27-23-43(35(45)33(27)34(30)38)24-37(22-32(44)40-36(37)46)17-16-25-10-12-26(13-11-25)29-8-5-9-31(39-29)42-20-18-41(19-21-42)28-6-3-2-4-7-28/h5,8-15,28H,2-4,6-7,18-24H2,1H3,(H,40,44,46)/t37-/m1/s1. The molecule has 1 N–H and O–H groups in total. The first-order chi connectivity index (χ1) is 22.8. The highest BCUT2D eigenvalue weighted by Crippen LogP contribution is 2.35. The number of methoxy groups -OCH3 is 1. The van der Waals surface area contributed by atoms with Gasteiger partial charge in [-0.3, -0.25) is 24.6 Å². The number of halogens is 1. The zero-order chi connectivity index (χ0) is 32.5. The van der Waals surface area contributed by atoms with Gasteiger partial charge in [0.1, 0.15) is 11.2 Å². The Kier molecular flexibility index (Phi) is 8.41. The fourth-order valence-corrected chi connectivity index (χ4v) is 7.36. The van der Waals surface area contributed by atoms with Crippen LogP contribution in [0.15, 0.2) is 54.6 Å². The zero-order valence-electron chi connectivity index (χ0n) is 26.6. The highest BCUT2D eigenvalue weighted by Gasteiger charge is 2.49. The number of rotatable bonds is 6. The van der Waals surface area contributed by atoms with Gasteiger partial charge in [0.05, 0.1) is 24.8 Å². The lowest BCUT2D eigenvalue weighted by Gasteiger charge is -2.41. The summed E-state index contributed by atoms with van der Waals surface area (Å²) in [5.41, 5.74) is 1.43. The van der Waals surface area contributed by atoms with Crippen molar-refractivity contribution in [3.63, 3.8) is 0 Å². The molecule has 3 amide bonds. The lowest BCUT2D eigenvalue weighted by Crippen LogP contribution is -2.51. The van der Waals surface area contributed by atoms with Gasteiger partial charge in [0.25, 0.3) is 5.91 Å². The number of amides is 3. The van der Waals surface area contributed by atoms with Crippen LogP contribution in [-0.4, -0.2) is 78.4 Å². The molecule has 4 heterocycles. The molecule has 7 rings (SSSR count). The Bertz CT molecular complexity index is 1770. The minimum atomic E-state index is -1.45. The van der Waals surface area contributed by atoms with E-state index in [1.54, 1.807) is 6.07 Å². The van der Waals surface area contributed by atoms with Crippen LogP contribution >= 0.6 is 0 Å². The summed E-state index contributed by atoms with van der Waals surface area (Å²) in [6.45, 7) is 4.04. The molecule has 0 bridgehead atoms. The summed E-state index contributed by atoms with van der Waals surface area (Å²) in [4.78, 5) is 50.0. The van der Waals surface area contributed by atoms with Crippen LogP contribution in [0, 0.1) is 23.1 Å². The number of piperazine rings is 1. The lowest BCUT2D eigenvalue weighted by atomic mass is 9.85. The number of carbonyl (C=O) groups excluding carboxylic acids is 3. The number of nitrogens with one attached hydrogen (secondary N) is 1. The largest absolute Gasteiger partial charge is 0.494 e. The van der Waals surface area contributed by atoms with Crippen molar-refractivity contribution in [3.8, 4) is 28.8 Å². The minimum absolute atomic E-state index is 0.0275. The summed E-state index contributed by atoms with van der Waals surface area (Å²) >= 11 is 0. The van der Waals surface area contributed by atoms with Crippen LogP contribution in [0.4, 0.5) is 10.2 Å². The molecular formula is C37H38FN5O4. The van der Waals surface area contributed by atoms with Gasteiger partial charge in [-0.1, -0.05) is 55.4 Å². The Morgan fingerprint density at radius 1 is 0.979 bits per heavy atom. The number of anilines is 1. The fourth-order valence-electron chi connectivity index (χ4n) is 7.36. The van der Waals surface area contributed by atoms with Gasteiger partial charge in [-0.15, -0.1) is 0 Å². The van der Waals surface area contributed by atoms with E-state index >= 15 is 0 Å². The van der Waals surface area contributed by atoms with Gasteiger partial charge in [0.15, 0.2) is 11.6 Å². The van der Waals surface area contributed by atoms with E-state index in [0.717, 1.165) is 49.3 Å². The third kappa shape index (κ3) is 6.08. The van der Waals surface area contributed by atoms with Crippen molar-refractivity contribution >= 4 is 23.5 Å². The van der Waals surface area contributed by atoms with Gasteiger partial charge in [-0.25, -0.2) is 9.37 Å². The molecule has 0 radical (unpaired) electrons. The molecule has 1 aromatic heterocycles. The van der Waals surface area contributed by atoms with Crippen molar-refractivity contribution in [2.24, 2.45) is 5.41 Å². The number of nitrogens with zero attached hydrogens (tertiary/aromatic N) is 4. The molecule has 3 fully saturated rings. The zero-order valence-corrected chi connectivity index (χ0v) is 26.6. The van der Waals surface area contributed by atoms with Crippen molar-refractivity contribution in [1.29, 1.82) is 0 Å². The lowest BCUT2D eigenvalue weighted by molar-refractivity contribution is -0.127. The molecule has 3 aliphatic heterocycles. The van der Waals surface area contributed by atoms with Crippen LogP contribution in [0.3, 0.4) is 0 Å². The quantitative estimate of drug-likeness (QED) is 0.317. The Labute approximate surface area is 274 Å². The van der Waals surface area contributed by atoms with Gasteiger partial charge >= 0.3 is 0 Å². The van der Waals surface area contributed by atoms with Gasteiger partial charge in [-0.05, 0) is 48.7 Å². The van der Waals surface area contributed by atoms with Crippen LogP contribution in [0.2, 0.25) is 0 Å². The number of hydrogen-bond acceptors (Lipinski definition) is 7. The second-order valence-electron chi connectivity index (χ2n) is 12.9. The second-order valence-corrected chi connectivity index (χ2v) is 12.9. The van der Waals surface area contributed by atoms with Crippen molar-refractivity contribution in [1.82, 2.24) is 20.1 Å². The summed E-state index contributed by atoms with van der Waals surface area (Å²) in [7, 11) is 1.33. The molecule has 1 atom stereocenters. The second kappa shape index (κ2) is 12.8. The van der Waals surface area contributed by atoms with E-state index < -0.39 is 29.0 Å². The number of imide groups is 1.